The maximum absolute atomic E-state index is 8.81. The molecule has 0 spiro atoms. The van der Waals surface area contributed by atoms with Gasteiger partial charge < -0.3 is 5.11 Å². The molecule has 1 unspecified atom stereocenters. The Kier molecular flexibility index (Phi) is 4.78. The standard InChI is InChI=1S/C8H17O/c1-4-5-8(6-9)7(2)3/h8-9H,4-6H2,1-3H3. The molecule has 0 rings (SSSR count). The van der Waals surface area contributed by atoms with E-state index in [-0.39, 0.29) is 0 Å². The molecule has 0 aliphatic rings. The molecule has 1 nitrogen and oxygen atoms in total. The molecule has 0 aromatic carbocycles. The van der Waals surface area contributed by atoms with Gasteiger partial charge in [0.15, 0.2) is 0 Å². The van der Waals surface area contributed by atoms with Gasteiger partial charge in [0.2, 0.25) is 0 Å². The van der Waals surface area contributed by atoms with E-state index >= 15 is 0 Å². The number of hydrogen-bond donors (Lipinski definition) is 1. The van der Waals surface area contributed by atoms with Crippen LogP contribution in [0.5, 0.6) is 0 Å². The lowest BCUT2D eigenvalue weighted by atomic mass is 9.92. The Labute approximate surface area is 58.1 Å². The van der Waals surface area contributed by atoms with Crippen LogP contribution in [0, 0.1) is 11.8 Å². The maximum atomic E-state index is 8.81. The van der Waals surface area contributed by atoms with Crippen LogP contribution in [-0.2, 0) is 0 Å². The van der Waals surface area contributed by atoms with Gasteiger partial charge >= 0.3 is 0 Å². The summed E-state index contributed by atoms with van der Waals surface area (Å²) < 4.78 is 0. The zero-order valence-electron chi connectivity index (χ0n) is 6.65. The van der Waals surface area contributed by atoms with E-state index < -0.39 is 0 Å². The minimum atomic E-state index is 0.316. The molecule has 0 bridgehead atoms. The predicted molar refractivity (Wildman–Crippen MR) is 40.1 cm³/mol. The Hall–Kier alpha value is -0.0400. The van der Waals surface area contributed by atoms with Crippen LogP contribution in [0.1, 0.15) is 33.6 Å². The molecular formula is C8H17O. The van der Waals surface area contributed by atoms with E-state index in [9.17, 15) is 0 Å². The number of aliphatic hydroxyl groups is 1. The third kappa shape index (κ3) is 3.52. The van der Waals surface area contributed by atoms with Gasteiger partial charge in [-0.3, -0.25) is 0 Å². The van der Waals surface area contributed by atoms with E-state index in [4.69, 9.17) is 5.11 Å². The van der Waals surface area contributed by atoms with Crippen LogP contribution in [0.4, 0.5) is 0 Å². The molecule has 0 aliphatic heterocycles. The molecule has 0 fully saturated rings. The fourth-order valence-electron chi connectivity index (χ4n) is 0.911. The predicted octanol–water partition coefficient (Wildman–Crippen LogP) is 2.01. The summed E-state index contributed by atoms with van der Waals surface area (Å²) in [7, 11) is 0. The van der Waals surface area contributed by atoms with Crippen molar-refractivity contribution < 1.29 is 5.11 Å². The number of hydrogen-bond acceptors (Lipinski definition) is 1. The van der Waals surface area contributed by atoms with Gasteiger partial charge in [0.1, 0.15) is 0 Å². The largest absolute Gasteiger partial charge is 0.396 e. The summed E-state index contributed by atoms with van der Waals surface area (Å²) in [5.74, 6) is 1.79. The molecule has 0 saturated carbocycles. The van der Waals surface area contributed by atoms with Gasteiger partial charge in [0.05, 0.1) is 0 Å². The maximum Gasteiger partial charge on any atom is 0.0464 e. The monoisotopic (exact) mass is 129 g/mol. The topological polar surface area (TPSA) is 20.2 Å². The summed E-state index contributed by atoms with van der Waals surface area (Å²) in [5.41, 5.74) is 0. The van der Waals surface area contributed by atoms with E-state index in [2.05, 4.69) is 20.8 Å². The van der Waals surface area contributed by atoms with Crippen LogP contribution in [-0.4, -0.2) is 11.7 Å². The quantitative estimate of drug-likeness (QED) is 0.615. The molecule has 1 atom stereocenters. The molecule has 0 amide bonds. The first-order valence-corrected chi connectivity index (χ1v) is 3.63. The molecule has 1 N–H and O–H groups in total. The van der Waals surface area contributed by atoms with Crippen molar-refractivity contribution >= 4 is 0 Å². The normalized spacial score (nSPS) is 14.3. The highest BCUT2D eigenvalue weighted by Gasteiger charge is 2.09. The molecular weight excluding hydrogens is 112 g/mol. The highest BCUT2D eigenvalue weighted by atomic mass is 16.3. The Morgan fingerprint density at radius 3 is 2.11 bits per heavy atom. The van der Waals surface area contributed by atoms with Gasteiger partial charge in [0, 0.05) is 6.61 Å². The first-order chi connectivity index (χ1) is 4.22. The Bertz CT molecular complexity index is 59.6. The van der Waals surface area contributed by atoms with Gasteiger partial charge in [-0.15, -0.1) is 0 Å². The summed E-state index contributed by atoms with van der Waals surface area (Å²) in [6.45, 7) is 6.62. The lowest BCUT2D eigenvalue weighted by molar-refractivity contribution is 0.225. The van der Waals surface area contributed by atoms with Crippen molar-refractivity contribution in [1.29, 1.82) is 0 Å². The minimum absolute atomic E-state index is 0.316. The first-order valence-electron chi connectivity index (χ1n) is 3.63. The molecule has 0 aromatic rings. The second kappa shape index (κ2) is 4.80. The van der Waals surface area contributed by atoms with E-state index in [1.807, 2.05) is 0 Å². The zero-order chi connectivity index (χ0) is 7.28. The summed E-state index contributed by atoms with van der Waals surface area (Å²) >= 11 is 0. The van der Waals surface area contributed by atoms with Gasteiger partial charge in [-0.25, -0.2) is 0 Å². The SMILES string of the molecule is CCCC(CO)[C](C)C. The molecule has 55 valence electrons. The van der Waals surface area contributed by atoms with Gasteiger partial charge in [-0.1, -0.05) is 27.2 Å². The summed E-state index contributed by atoms with van der Waals surface area (Å²) in [4.78, 5) is 0. The zero-order valence-corrected chi connectivity index (χ0v) is 6.65. The number of aliphatic hydroxyl groups excluding tert-OH is 1. The lowest BCUT2D eigenvalue weighted by Gasteiger charge is -2.15. The average molecular weight is 129 g/mol. The molecule has 9 heavy (non-hydrogen) atoms. The summed E-state index contributed by atoms with van der Waals surface area (Å²) in [6.07, 6.45) is 2.29. The van der Waals surface area contributed by atoms with Crippen molar-refractivity contribution in [3.63, 3.8) is 0 Å². The van der Waals surface area contributed by atoms with Crippen molar-refractivity contribution in [2.75, 3.05) is 6.61 Å². The third-order valence-corrected chi connectivity index (χ3v) is 1.67. The first kappa shape index (κ1) is 8.96. The van der Waals surface area contributed by atoms with Crippen molar-refractivity contribution in [3.05, 3.63) is 5.92 Å². The second-order valence-corrected chi connectivity index (χ2v) is 2.75. The van der Waals surface area contributed by atoms with E-state index in [0.717, 1.165) is 12.8 Å². The summed E-state index contributed by atoms with van der Waals surface area (Å²) in [6, 6.07) is 0. The van der Waals surface area contributed by atoms with Crippen LogP contribution in [0.25, 0.3) is 0 Å². The van der Waals surface area contributed by atoms with Gasteiger partial charge in [-0.2, -0.15) is 0 Å². The van der Waals surface area contributed by atoms with E-state index in [0.29, 0.717) is 12.5 Å². The molecule has 0 saturated heterocycles. The Morgan fingerprint density at radius 2 is 2.00 bits per heavy atom. The molecule has 0 aromatic heterocycles. The third-order valence-electron chi connectivity index (χ3n) is 1.67. The average Bonchev–Trinajstić information content (AvgIpc) is 1.82. The lowest BCUT2D eigenvalue weighted by Crippen LogP contribution is -2.10. The van der Waals surface area contributed by atoms with Crippen LogP contribution in [0.3, 0.4) is 0 Å². The summed E-state index contributed by atoms with van der Waals surface area (Å²) in [5, 5.41) is 8.81. The number of rotatable bonds is 4. The highest BCUT2D eigenvalue weighted by Crippen LogP contribution is 2.17. The van der Waals surface area contributed by atoms with Crippen LogP contribution in [0.15, 0.2) is 0 Å². The fourth-order valence-corrected chi connectivity index (χ4v) is 0.911. The smallest absolute Gasteiger partial charge is 0.0464 e. The second-order valence-electron chi connectivity index (χ2n) is 2.75. The van der Waals surface area contributed by atoms with Crippen molar-refractivity contribution in [1.82, 2.24) is 0 Å². The minimum Gasteiger partial charge on any atom is -0.396 e. The van der Waals surface area contributed by atoms with Crippen molar-refractivity contribution in [2.45, 2.75) is 33.6 Å². The van der Waals surface area contributed by atoms with Crippen molar-refractivity contribution in [3.8, 4) is 0 Å². The molecule has 1 heteroatoms. The Balaban J connectivity index is 3.41. The van der Waals surface area contributed by atoms with E-state index in [1.54, 1.807) is 0 Å². The molecule has 1 radical (unpaired) electrons. The van der Waals surface area contributed by atoms with Crippen LogP contribution < -0.4 is 0 Å². The van der Waals surface area contributed by atoms with Gasteiger partial charge in [0.25, 0.3) is 0 Å². The van der Waals surface area contributed by atoms with Crippen LogP contribution >= 0.6 is 0 Å². The van der Waals surface area contributed by atoms with Gasteiger partial charge in [-0.05, 0) is 18.3 Å². The van der Waals surface area contributed by atoms with E-state index in [1.165, 1.54) is 5.92 Å². The Morgan fingerprint density at radius 1 is 1.44 bits per heavy atom. The van der Waals surface area contributed by atoms with Crippen molar-refractivity contribution in [2.24, 2.45) is 5.92 Å². The molecule has 0 aliphatic carbocycles. The van der Waals surface area contributed by atoms with Crippen LogP contribution in [0.2, 0.25) is 0 Å². The fraction of sp³-hybridized carbons (Fsp3) is 0.875. The highest BCUT2D eigenvalue weighted by molar-refractivity contribution is 4.85. The molecule has 0 heterocycles.